The van der Waals surface area contributed by atoms with Gasteiger partial charge in [-0.3, -0.25) is 4.79 Å². The molecular weight excluding hydrogens is 365 g/mol. The molecule has 2 aromatic rings. The summed E-state index contributed by atoms with van der Waals surface area (Å²) in [5.74, 6) is -0.198. The van der Waals surface area contributed by atoms with E-state index in [-0.39, 0.29) is 16.7 Å². The first-order valence-electron chi connectivity index (χ1n) is 5.64. The number of aryl methyl sites for hydroxylation is 1. The van der Waals surface area contributed by atoms with Gasteiger partial charge in [-0.15, -0.1) is 0 Å². The lowest BCUT2D eigenvalue weighted by Gasteiger charge is -2.10. The van der Waals surface area contributed by atoms with Crippen LogP contribution in [0.25, 0.3) is 0 Å². The number of hydrogen-bond donors (Lipinski definition) is 2. The van der Waals surface area contributed by atoms with E-state index in [2.05, 4.69) is 21.2 Å². The van der Waals surface area contributed by atoms with E-state index in [0.717, 1.165) is 0 Å². The fourth-order valence-corrected chi connectivity index (χ4v) is 2.73. The van der Waals surface area contributed by atoms with Crippen LogP contribution >= 0.6 is 39.1 Å². The second-order valence-electron chi connectivity index (χ2n) is 4.20. The van der Waals surface area contributed by atoms with Gasteiger partial charge in [0.15, 0.2) is 0 Å². The van der Waals surface area contributed by atoms with Crippen molar-refractivity contribution in [2.75, 3.05) is 5.32 Å². The molecule has 0 atom stereocenters. The van der Waals surface area contributed by atoms with Gasteiger partial charge in [-0.25, -0.2) is 0 Å². The van der Waals surface area contributed by atoms with Crippen LogP contribution in [0.15, 0.2) is 34.8 Å². The van der Waals surface area contributed by atoms with Crippen molar-refractivity contribution >= 4 is 50.7 Å². The predicted octanol–water partition coefficient (Wildman–Crippen LogP) is 5.02. The fraction of sp³-hybridized carbons (Fsp3) is 0.0714. The number of rotatable bonds is 2. The largest absolute Gasteiger partial charge is 0.506 e. The summed E-state index contributed by atoms with van der Waals surface area (Å²) < 4.78 is 0.509. The van der Waals surface area contributed by atoms with E-state index in [9.17, 15) is 9.90 Å². The van der Waals surface area contributed by atoms with Crippen LogP contribution in [0, 0.1) is 6.92 Å². The summed E-state index contributed by atoms with van der Waals surface area (Å²) in [4.78, 5) is 12.1. The van der Waals surface area contributed by atoms with E-state index in [1.54, 1.807) is 31.2 Å². The van der Waals surface area contributed by atoms with Gasteiger partial charge in [0.1, 0.15) is 5.75 Å². The van der Waals surface area contributed by atoms with Gasteiger partial charge >= 0.3 is 0 Å². The molecule has 6 heteroatoms. The van der Waals surface area contributed by atoms with Gasteiger partial charge in [-0.2, -0.15) is 0 Å². The molecule has 0 spiro atoms. The molecule has 1 amide bonds. The van der Waals surface area contributed by atoms with Gasteiger partial charge in [0, 0.05) is 10.7 Å². The van der Waals surface area contributed by atoms with Crippen molar-refractivity contribution in [2.45, 2.75) is 6.92 Å². The second-order valence-corrected chi connectivity index (χ2v) is 5.90. The lowest BCUT2D eigenvalue weighted by atomic mass is 10.1. The zero-order chi connectivity index (χ0) is 14.9. The van der Waals surface area contributed by atoms with Crippen molar-refractivity contribution in [2.24, 2.45) is 0 Å². The first kappa shape index (κ1) is 15.2. The number of carbonyl (C=O) groups is 1. The second kappa shape index (κ2) is 6.04. The average Bonchev–Trinajstić information content (AvgIpc) is 2.35. The topological polar surface area (TPSA) is 49.3 Å². The highest BCUT2D eigenvalue weighted by atomic mass is 79.9. The number of halogens is 3. The van der Waals surface area contributed by atoms with Crippen LogP contribution in [0.1, 0.15) is 15.9 Å². The van der Waals surface area contributed by atoms with Crippen molar-refractivity contribution < 1.29 is 9.90 Å². The number of hydrogen-bond acceptors (Lipinski definition) is 2. The third-order valence-corrected chi connectivity index (χ3v) is 3.84. The zero-order valence-electron chi connectivity index (χ0n) is 10.4. The Labute approximate surface area is 134 Å². The molecular formula is C14H10BrCl2NO2. The van der Waals surface area contributed by atoms with Crippen molar-refractivity contribution in [3.8, 4) is 5.75 Å². The highest BCUT2D eigenvalue weighted by molar-refractivity contribution is 9.10. The average molecular weight is 375 g/mol. The monoisotopic (exact) mass is 373 g/mol. The summed E-state index contributed by atoms with van der Waals surface area (Å²) >= 11 is 15.0. The van der Waals surface area contributed by atoms with Crippen LogP contribution in [0.2, 0.25) is 10.0 Å². The van der Waals surface area contributed by atoms with Crippen LogP contribution in [0.3, 0.4) is 0 Å². The Morgan fingerprint density at radius 3 is 2.55 bits per heavy atom. The number of anilines is 1. The molecule has 20 heavy (non-hydrogen) atoms. The number of phenols is 1. The minimum absolute atomic E-state index is 0.146. The first-order valence-corrected chi connectivity index (χ1v) is 7.19. The minimum atomic E-state index is -0.344. The van der Waals surface area contributed by atoms with E-state index < -0.39 is 0 Å². The summed E-state index contributed by atoms with van der Waals surface area (Å²) in [6.45, 7) is 1.74. The normalized spacial score (nSPS) is 10.4. The van der Waals surface area contributed by atoms with Gasteiger partial charge in [0.2, 0.25) is 0 Å². The van der Waals surface area contributed by atoms with Crippen LogP contribution in [0.5, 0.6) is 5.75 Å². The molecule has 0 heterocycles. The molecule has 0 aliphatic carbocycles. The van der Waals surface area contributed by atoms with E-state index >= 15 is 0 Å². The first-order chi connectivity index (χ1) is 9.38. The SMILES string of the molecule is Cc1cc(NC(=O)c2ccc(Cl)cc2Cl)cc(Br)c1O. The number of carbonyl (C=O) groups excluding carboxylic acids is 1. The molecule has 2 aromatic carbocycles. The molecule has 2 N–H and O–H groups in total. The number of aromatic hydroxyl groups is 1. The minimum Gasteiger partial charge on any atom is -0.506 e. The molecule has 0 fully saturated rings. The summed E-state index contributed by atoms with van der Waals surface area (Å²) in [6, 6.07) is 7.95. The Morgan fingerprint density at radius 2 is 1.95 bits per heavy atom. The van der Waals surface area contributed by atoms with Crippen molar-refractivity contribution in [1.29, 1.82) is 0 Å². The van der Waals surface area contributed by atoms with Crippen molar-refractivity contribution in [3.63, 3.8) is 0 Å². The van der Waals surface area contributed by atoms with Gasteiger partial charge in [-0.1, -0.05) is 23.2 Å². The Balaban J connectivity index is 2.28. The van der Waals surface area contributed by atoms with E-state index in [1.165, 1.54) is 6.07 Å². The number of phenolic OH excluding ortho intramolecular Hbond substituents is 1. The van der Waals surface area contributed by atoms with E-state index in [4.69, 9.17) is 23.2 Å². The molecule has 0 radical (unpaired) electrons. The molecule has 104 valence electrons. The number of nitrogens with one attached hydrogen (secondary N) is 1. The van der Waals surface area contributed by atoms with Crippen LogP contribution in [-0.4, -0.2) is 11.0 Å². The summed E-state index contributed by atoms with van der Waals surface area (Å²) in [5, 5.41) is 13.1. The van der Waals surface area contributed by atoms with Gasteiger partial charge < -0.3 is 10.4 Å². The third-order valence-electron chi connectivity index (χ3n) is 2.69. The molecule has 0 saturated carbocycles. The maximum absolute atomic E-state index is 12.1. The molecule has 0 bridgehead atoms. The highest BCUT2D eigenvalue weighted by Crippen LogP contribution is 2.31. The Hall–Kier alpha value is -1.23. The number of benzene rings is 2. The third kappa shape index (κ3) is 3.26. The molecule has 0 aliphatic heterocycles. The molecule has 2 rings (SSSR count). The molecule has 0 aliphatic rings. The van der Waals surface area contributed by atoms with E-state index in [1.807, 2.05) is 0 Å². The maximum atomic E-state index is 12.1. The molecule has 0 saturated heterocycles. The van der Waals surface area contributed by atoms with Crippen LogP contribution in [0.4, 0.5) is 5.69 Å². The molecule has 0 aromatic heterocycles. The van der Waals surface area contributed by atoms with Crippen LogP contribution in [-0.2, 0) is 0 Å². The smallest absolute Gasteiger partial charge is 0.257 e. The van der Waals surface area contributed by atoms with Gasteiger partial charge in [0.25, 0.3) is 5.91 Å². The van der Waals surface area contributed by atoms with Crippen LogP contribution < -0.4 is 5.32 Å². The van der Waals surface area contributed by atoms with Gasteiger partial charge in [-0.05, 0) is 58.7 Å². The molecule has 3 nitrogen and oxygen atoms in total. The highest BCUT2D eigenvalue weighted by Gasteiger charge is 2.12. The number of amides is 1. The van der Waals surface area contributed by atoms with E-state index in [0.29, 0.717) is 26.3 Å². The Morgan fingerprint density at radius 1 is 1.25 bits per heavy atom. The predicted molar refractivity (Wildman–Crippen MR) is 85.0 cm³/mol. The quantitative estimate of drug-likeness (QED) is 0.725. The summed E-state index contributed by atoms with van der Waals surface area (Å²) in [7, 11) is 0. The zero-order valence-corrected chi connectivity index (χ0v) is 13.5. The fourth-order valence-electron chi connectivity index (χ4n) is 1.68. The lowest BCUT2D eigenvalue weighted by Crippen LogP contribution is -2.12. The summed E-state index contributed by atoms with van der Waals surface area (Å²) in [5.41, 5.74) is 1.54. The van der Waals surface area contributed by atoms with Crippen molar-refractivity contribution in [3.05, 3.63) is 56.0 Å². The standard InChI is InChI=1S/C14H10BrCl2NO2/c1-7-4-9(6-11(15)13(7)19)18-14(20)10-3-2-8(16)5-12(10)17/h2-6,19H,1H3,(H,18,20). The summed E-state index contributed by atoms with van der Waals surface area (Å²) in [6.07, 6.45) is 0. The Kier molecular flexibility index (Phi) is 4.58. The molecule has 0 unspecified atom stereocenters. The lowest BCUT2D eigenvalue weighted by molar-refractivity contribution is 0.102. The maximum Gasteiger partial charge on any atom is 0.257 e. The van der Waals surface area contributed by atoms with Crippen molar-refractivity contribution in [1.82, 2.24) is 0 Å². The Bertz CT molecular complexity index is 666. The van der Waals surface area contributed by atoms with Gasteiger partial charge in [0.05, 0.1) is 15.1 Å².